The van der Waals surface area contributed by atoms with Gasteiger partial charge < -0.3 is 10.6 Å². The molecule has 1 atom stereocenters. The number of nitrogens with one attached hydrogen (secondary N) is 2. The van der Waals surface area contributed by atoms with E-state index in [1.54, 1.807) is 11.7 Å². The van der Waals surface area contributed by atoms with Crippen molar-refractivity contribution in [2.24, 2.45) is 4.99 Å². The minimum absolute atomic E-state index is 0. The van der Waals surface area contributed by atoms with Crippen LogP contribution in [0.25, 0.3) is 0 Å². The zero-order valence-corrected chi connectivity index (χ0v) is 21.3. The van der Waals surface area contributed by atoms with Crippen molar-refractivity contribution in [2.45, 2.75) is 57.7 Å². The molecule has 0 spiro atoms. The Morgan fingerprint density at radius 2 is 1.84 bits per heavy atom. The molecular weight excluding hydrogens is 517 g/mol. The number of likely N-dealkylation sites (tertiary alicyclic amines) is 1. The van der Waals surface area contributed by atoms with E-state index >= 15 is 0 Å². The van der Waals surface area contributed by atoms with Crippen LogP contribution in [0.3, 0.4) is 0 Å². The smallest absolute Gasteiger partial charge is 0.345 e. The van der Waals surface area contributed by atoms with Crippen LogP contribution in [0, 0.1) is 0 Å². The van der Waals surface area contributed by atoms with E-state index in [1.165, 1.54) is 18.4 Å². The van der Waals surface area contributed by atoms with Gasteiger partial charge >= 0.3 is 5.69 Å². The first kappa shape index (κ1) is 24.8. The van der Waals surface area contributed by atoms with Crippen molar-refractivity contribution in [2.75, 3.05) is 33.2 Å². The molecule has 1 unspecified atom stereocenters. The summed E-state index contributed by atoms with van der Waals surface area (Å²) in [6, 6.07) is 11.1. The predicted molar refractivity (Wildman–Crippen MR) is 139 cm³/mol. The van der Waals surface area contributed by atoms with E-state index < -0.39 is 0 Å². The van der Waals surface area contributed by atoms with Crippen LogP contribution in [-0.2, 0) is 19.5 Å². The van der Waals surface area contributed by atoms with Gasteiger partial charge in [-0.3, -0.25) is 14.5 Å². The lowest BCUT2D eigenvalue weighted by atomic mass is 10.1. The fourth-order valence-corrected chi connectivity index (χ4v) is 4.63. The molecule has 4 rings (SSSR count). The molecule has 8 nitrogen and oxygen atoms in total. The SMILES string of the molecule is CN=C(NCCCn1nc2n(c1=O)CCCC2)NCC(c1ccccc1)N1CCCC1.I. The van der Waals surface area contributed by atoms with E-state index in [-0.39, 0.29) is 29.7 Å². The minimum Gasteiger partial charge on any atom is -0.356 e. The average Bonchev–Trinajstić information content (AvgIpc) is 3.45. The molecule has 0 radical (unpaired) electrons. The molecule has 1 aromatic heterocycles. The molecule has 2 aliphatic rings. The number of guanidine groups is 1. The maximum absolute atomic E-state index is 12.4. The molecule has 1 aromatic carbocycles. The minimum atomic E-state index is 0. The molecule has 0 amide bonds. The third-order valence-electron chi connectivity index (χ3n) is 6.32. The number of hydrogen-bond acceptors (Lipinski definition) is 4. The second-order valence-electron chi connectivity index (χ2n) is 8.43. The first-order chi connectivity index (χ1) is 15.3. The standard InChI is InChI=1S/C23H35N7O.HI/c1-24-22(25-13-9-17-30-23(31)29-16-6-5-12-21(29)27-30)26-18-20(28-14-7-8-15-28)19-10-3-2-4-11-19;/h2-4,10-11,20H,5-9,12-18H2,1H3,(H2,24,25,26);1H. The summed E-state index contributed by atoms with van der Waals surface area (Å²) >= 11 is 0. The van der Waals surface area contributed by atoms with Crippen LogP contribution in [0.5, 0.6) is 0 Å². The maximum Gasteiger partial charge on any atom is 0.345 e. The molecule has 0 saturated carbocycles. The summed E-state index contributed by atoms with van der Waals surface area (Å²) in [6.45, 7) is 5.30. The molecule has 32 heavy (non-hydrogen) atoms. The van der Waals surface area contributed by atoms with E-state index in [2.05, 4.69) is 56.0 Å². The van der Waals surface area contributed by atoms with E-state index in [4.69, 9.17) is 0 Å². The van der Waals surface area contributed by atoms with Crippen LogP contribution in [-0.4, -0.2) is 58.4 Å². The van der Waals surface area contributed by atoms with Gasteiger partial charge in [-0.25, -0.2) is 9.48 Å². The Hall–Kier alpha value is -1.88. The molecule has 2 aliphatic heterocycles. The summed E-state index contributed by atoms with van der Waals surface area (Å²) in [5.74, 6) is 1.74. The van der Waals surface area contributed by atoms with Crippen LogP contribution in [0.15, 0.2) is 40.1 Å². The fraction of sp³-hybridized carbons (Fsp3) is 0.609. The molecule has 0 aliphatic carbocycles. The Morgan fingerprint density at radius 3 is 2.56 bits per heavy atom. The molecule has 2 N–H and O–H groups in total. The topological polar surface area (TPSA) is 79.5 Å². The van der Waals surface area contributed by atoms with Crippen molar-refractivity contribution in [3.05, 3.63) is 52.2 Å². The van der Waals surface area contributed by atoms with Crippen molar-refractivity contribution in [1.82, 2.24) is 29.9 Å². The second kappa shape index (κ2) is 12.4. The van der Waals surface area contributed by atoms with Crippen molar-refractivity contribution in [3.63, 3.8) is 0 Å². The maximum atomic E-state index is 12.4. The lowest BCUT2D eigenvalue weighted by Crippen LogP contribution is -2.43. The average molecular weight is 553 g/mol. The molecule has 3 heterocycles. The van der Waals surface area contributed by atoms with Crippen LogP contribution >= 0.6 is 24.0 Å². The van der Waals surface area contributed by atoms with Crippen LogP contribution in [0.4, 0.5) is 0 Å². The highest BCUT2D eigenvalue weighted by Gasteiger charge is 2.23. The van der Waals surface area contributed by atoms with Crippen molar-refractivity contribution in [3.8, 4) is 0 Å². The quantitative estimate of drug-likeness (QED) is 0.227. The van der Waals surface area contributed by atoms with Crippen molar-refractivity contribution in [1.29, 1.82) is 0 Å². The lowest BCUT2D eigenvalue weighted by molar-refractivity contribution is 0.245. The van der Waals surface area contributed by atoms with Gasteiger partial charge in [0.1, 0.15) is 5.82 Å². The van der Waals surface area contributed by atoms with Gasteiger partial charge in [-0.15, -0.1) is 24.0 Å². The van der Waals surface area contributed by atoms with Gasteiger partial charge in [-0.1, -0.05) is 30.3 Å². The Labute approximate surface area is 207 Å². The van der Waals surface area contributed by atoms with Gasteiger partial charge in [-0.2, -0.15) is 5.10 Å². The molecule has 2 aromatic rings. The van der Waals surface area contributed by atoms with Gasteiger partial charge in [0.15, 0.2) is 5.96 Å². The molecule has 1 saturated heterocycles. The number of aryl methyl sites for hydroxylation is 2. The molecule has 1 fully saturated rings. The number of aromatic nitrogens is 3. The van der Waals surface area contributed by atoms with E-state index in [0.717, 1.165) is 70.2 Å². The molecule has 0 bridgehead atoms. The van der Waals surface area contributed by atoms with Gasteiger partial charge in [0.25, 0.3) is 0 Å². The van der Waals surface area contributed by atoms with Crippen LogP contribution in [0.2, 0.25) is 0 Å². The third-order valence-corrected chi connectivity index (χ3v) is 6.32. The summed E-state index contributed by atoms with van der Waals surface area (Å²) < 4.78 is 3.46. The normalized spacial score (nSPS) is 17.5. The fourth-order valence-electron chi connectivity index (χ4n) is 4.63. The Balaban J connectivity index is 0.00000289. The predicted octanol–water partition coefficient (Wildman–Crippen LogP) is 2.39. The highest BCUT2D eigenvalue weighted by molar-refractivity contribution is 14.0. The largest absolute Gasteiger partial charge is 0.356 e. The van der Waals surface area contributed by atoms with Crippen LogP contribution in [0.1, 0.15) is 49.5 Å². The zero-order valence-electron chi connectivity index (χ0n) is 19.0. The first-order valence-electron chi connectivity index (χ1n) is 11.7. The lowest BCUT2D eigenvalue weighted by Gasteiger charge is -2.29. The van der Waals surface area contributed by atoms with Gasteiger partial charge in [0.2, 0.25) is 0 Å². The number of rotatable bonds is 8. The molecule has 176 valence electrons. The Morgan fingerprint density at radius 1 is 1.09 bits per heavy atom. The highest BCUT2D eigenvalue weighted by atomic mass is 127. The molecule has 9 heteroatoms. The summed E-state index contributed by atoms with van der Waals surface area (Å²) in [5.41, 5.74) is 1.38. The van der Waals surface area contributed by atoms with Crippen LogP contribution < -0.4 is 16.3 Å². The monoisotopic (exact) mass is 553 g/mol. The summed E-state index contributed by atoms with van der Waals surface area (Å²) in [7, 11) is 1.80. The molecular formula is C23H36IN7O. The van der Waals surface area contributed by atoms with Gasteiger partial charge in [0, 0.05) is 39.6 Å². The van der Waals surface area contributed by atoms with Gasteiger partial charge in [0.05, 0.1) is 6.04 Å². The number of benzene rings is 1. The number of aliphatic imine (C=N–C) groups is 1. The van der Waals surface area contributed by atoms with Crippen molar-refractivity contribution >= 4 is 29.9 Å². The summed E-state index contributed by atoms with van der Waals surface area (Å²) in [4.78, 5) is 19.4. The number of nitrogens with zero attached hydrogens (tertiary/aromatic N) is 5. The van der Waals surface area contributed by atoms with Crippen molar-refractivity contribution < 1.29 is 0 Å². The number of fused-ring (bicyclic) bond motifs is 1. The number of hydrogen-bond donors (Lipinski definition) is 2. The third kappa shape index (κ3) is 6.12. The first-order valence-corrected chi connectivity index (χ1v) is 11.7. The highest BCUT2D eigenvalue weighted by Crippen LogP contribution is 2.24. The van der Waals surface area contributed by atoms with E-state index in [0.29, 0.717) is 12.6 Å². The van der Waals surface area contributed by atoms with Gasteiger partial charge in [-0.05, 0) is 50.8 Å². The van der Waals surface area contributed by atoms with E-state index in [1.807, 2.05) is 4.57 Å². The van der Waals surface area contributed by atoms with E-state index in [9.17, 15) is 4.79 Å². The summed E-state index contributed by atoms with van der Waals surface area (Å²) in [5, 5.41) is 11.4. The Bertz CT molecular complexity index is 918. The summed E-state index contributed by atoms with van der Waals surface area (Å²) in [6.07, 6.45) is 6.48. The number of halogens is 1. The Kier molecular flexibility index (Phi) is 9.58. The second-order valence-corrected chi connectivity index (χ2v) is 8.43. The zero-order chi connectivity index (χ0) is 21.5.